The SMILES string of the molecule is CCC(C)C(C(=O)O)n1ccnc1C. The number of carboxylic acids is 1. The van der Waals surface area contributed by atoms with Gasteiger partial charge in [0, 0.05) is 12.4 Å². The summed E-state index contributed by atoms with van der Waals surface area (Å²) in [5.74, 6) is 0.0681. The van der Waals surface area contributed by atoms with Crippen LogP contribution < -0.4 is 0 Å². The summed E-state index contributed by atoms with van der Waals surface area (Å²) in [5.41, 5.74) is 0. The Labute approximate surface area is 83.6 Å². The smallest absolute Gasteiger partial charge is 0.327 e. The fraction of sp³-hybridized carbons (Fsp3) is 0.600. The zero-order valence-electron chi connectivity index (χ0n) is 8.77. The Balaban J connectivity index is 3.00. The maximum atomic E-state index is 11.1. The molecule has 0 fully saturated rings. The molecule has 0 aliphatic heterocycles. The average Bonchev–Trinajstić information content (AvgIpc) is 2.52. The van der Waals surface area contributed by atoms with Crippen LogP contribution in [-0.2, 0) is 4.79 Å². The molecular weight excluding hydrogens is 180 g/mol. The first-order valence-electron chi connectivity index (χ1n) is 4.80. The number of hydrogen-bond acceptors (Lipinski definition) is 2. The summed E-state index contributed by atoms with van der Waals surface area (Å²) in [6, 6.07) is -0.498. The summed E-state index contributed by atoms with van der Waals surface area (Å²) < 4.78 is 1.72. The number of aliphatic carboxylic acids is 1. The number of aromatic nitrogens is 2. The van der Waals surface area contributed by atoms with E-state index in [1.165, 1.54) is 0 Å². The zero-order chi connectivity index (χ0) is 10.7. The number of rotatable bonds is 4. The van der Waals surface area contributed by atoms with Gasteiger partial charge < -0.3 is 9.67 Å². The van der Waals surface area contributed by atoms with Gasteiger partial charge in [-0.25, -0.2) is 9.78 Å². The standard InChI is InChI=1S/C10H16N2O2/c1-4-7(2)9(10(13)14)12-6-5-11-8(12)3/h5-7,9H,4H2,1-3H3,(H,13,14). The van der Waals surface area contributed by atoms with Crippen molar-refractivity contribution >= 4 is 5.97 Å². The van der Waals surface area contributed by atoms with E-state index in [-0.39, 0.29) is 5.92 Å². The molecule has 0 aliphatic carbocycles. The molecule has 0 aromatic carbocycles. The van der Waals surface area contributed by atoms with Crippen LogP contribution in [0.4, 0.5) is 0 Å². The highest BCUT2D eigenvalue weighted by Gasteiger charge is 2.25. The summed E-state index contributed by atoms with van der Waals surface area (Å²) in [4.78, 5) is 15.1. The minimum Gasteiger partial charge on any atom is -0.480 e. The molecule has 1 aromatic rings. The first-order chi connectivity index (χ1) is 6.57. The quantitative estimate of drug-likeness (QED) is 0.799. The number of nitrogens with zero attached hydrogens (tertiary/aromatic N) is 2. The number of carbonyl (C=O) groups is 1. The van der Waals surface area contributed by atoms with Crippen LogP contribution in [0.15, 0.2) is 12.4 Å². The molecule has 1 rings (SSSR count). The van der Waals surface area contributed by atoms with E-state index in [2.05, 4.69) is 4.98 Å². The summed E-state index contributed by atoms with van der Waals surface area (Å²) >= 11 is 0. The Morgan fingerprint density at radius 1 is 1.71 bits per heavy atom. The van der Waals surface area contributed by atoms with Gasteiger partial charge in [-0.05, 0) is 12.8 Å². The maximum Gasteiger partial charge on any atom is 0.327 e. The van der Waals surface area contributed by atoms with Gasteiger partial charge in [0.05, 0.1) is 0 Å². The lowest BCUT2D eigenvalue weighted by Gasteiger charge is -2.21. The van der Waals surface area contributed by atoms with Crippen molar-refractivity contribution in [3.8, 4) is 0 Å². The predicted octanol–water partition coefficient (Wildman–Crippen LogP) is 1.86. The molecule has 14 heavy (non-hydrogen) atoms. The molecule has 2 atom stereocenters. The Bertz CT molecular complexity index is 320. The molecule has 4 nitrogen and oxygen atoms in total. The van der Waals surface area contributed by atoms with Crippen LogP contribution in [0.2, 0.25) is 0 Å². The van der Waals surface area contributed by atoms with E-state index in [9.17, 15) is 4.79 Å². The lowest BCUT2D eigenvalue weighted by molar-refractivity contribution is -0.142. The fourth-order valence-corrected chi connectivity index (χ4v) is 1.54. The first-order valence-corrected chi connectivity index (χ1v) is 4.80. The Kier molecular flexibility index (Phi) is 3.28. The number of carboxylic acid groups (broad SMARTS) is 1. The molecule has 0 saturated carbocycles. The third-order valence-corrected chi connectivity index (χ3v) is 2.60. The van der Waals surface area contributed by atoms with Gasteiger partial charge in [0.15, 0.2) is 0 Å². The molecule has 0 amide bonds. The Morgan fingerprint density at radius 2 is 2.36 bits per heavy atom. The lowest BCUT2D eigenvalue weighted by Crippen LogP contribution is -2.25. The van der Waals surface area contributed by atoms with Gasteiger partial charge in [-0.15, -0.1) is 0 Å². The van der Waals surface area contributed by atoms with E-state index in [0.717, 1.165) is 12.2 Å². The number of imidazole rings is 1. The molecular formula is C10H16N2O2. The van der Waals surface area contributed by atoms with E-state index in [0.29, 0.717) is 0 Å². The molecule has 0 saturated heterocycles. The molecule has 0 bridgehead atoms. The fourth-order valence-electron chi connectivity index (χ4n) is 1.54. The second-order valence-corrected chi connectivity index (χ2v) is 3.55. The number of aryl methyl sites for hydroxylation is 1. The van der Waals surface area contributed by atoms with Gasteiger partial charge in [-0.2, -0.15) is 0 Å². The van der Waals surface area contributed by atoms with Gasteiger partial charge in [-0.1, -0.05) is 20.3 Å². The summed E-state index contributed by atoms with van der Waals surface area (Å²) in [6.45, 7) is 5.75. The van der Waals surface area contributed by atoms with Gasteiger partial charge >= 0.3 is 5.97 Å². The average molecular weight is 196 g/mol. The highest BCUT2D eigenvalue weighted by Crippen LogP contribution is 2.22. The third-order valence-electron chi connectivity index (χ3n) is 2.60. The topological polar surface area (TPSA) is 55.1 Å². The Hall–Kier alpha value is -1.32. The van der Waals surface area contributed by atoms with Crippen LogP contribution in [0.1, 0.15) is 32.1 Å². The number of hydrogen-bond donors (Lipinski definition) is 1. The maximum absolute atomic E-state index is 11.1. The van der Waals surface area contributed by atoms with E-state index >= 15 is 0 Å². The largest absolute Gasteiger partial charge is 0.480 e. The van der Waals surface area contributed by atoms with E-state index in [1.54, 1.807) is 17.0 Å². The van der Waals surface area contributed by atoms with Crippen molar-refractivity contribution in [1.29, 1.82) is 0 Å². The van der Waals surface area contributed by atoms with Gasteiger partial charge in [0.25, 0.3) is 0 Å². The normalized spacial score (nSPS) is 15.1. The van der Waals surface area contributed by atoms with Crippen LogP contribution in [0.5, 0.6) is 0 Å². The van der Waals surface area contributed by atoms with E-state index in [4.69, 9.17) is 5.11 Å². The summed E-state index contributed by atoms with van der Waals surface area (Å²) in [6.07, 6.45) is 4.20. The predicted molar refractivity (Wildman–Crippen MR) is 53.1 cm³/mol. The minimum absolute atomic E-state index is 0.111. The van der Waals surface area contributed by atoms with Crippen LogP contribution in [0.25, 0.3) is 0 Å². The van der Waals surface area contributed by atoms with Crippen molar-refractivity contribution < 1.29 is 9.90 Å². The second kappa shape index (κ2) is 4.26. The van der Waals surface area contributed by atoms with E-state index in [1.807, 2.05) is 20.8 Å². The summed E-state index contributed by atoms with van der Waals surface area (Å²) in [5, 5.41) is 9.12. The van der Waals surface area contributed by atoms with E-state index < -0.39 is 12.0 Å². The third kappa shape index (κ3) is 1.95. The van der Waals surface area contributed by atoms with Gasteiger partial charge in [0.2, 0.25) is 0 Å². The molecule has 0 radical (unpaired) electrons. The molecule has 4 heteroatoms. The Morgan fingerprint density at radius 3 is 2.71 bits per heavy atom. The monoisotopic (exact) mass is 196 g/mol. The van der Waals surface area contributed by atoms with Crippen LogP contribution >= 0.6 is 0 Å². The zero-order valence-corrected chi connectivity index (χ0v) is 8.77. The van der Waals surface area contributed by atoms with Gasteiger partial charge in [0.1, 0.15) is 11.9 Å². The van der Waals surface area contributed by atoms with Crippen LogP contribution in [-0.4, -0.2) is 20.6 Å². The lowest BCUT2D eigenvalue weighted by atomic mass is 9.99. The minimum atomic E-state index is -0.791. The van der Waals surface area contributed by atoms with Crippen molar-refractivity contribution in [2.45, 2.75) is 33.2 Å². The molecule has 0 aliphatic rings. The summed E-state index contributed by atoms with van der Waals surface area (Å²) in [7, 11) is 0. The molecule has 2 unspecified atom stereocenters. The van der Waals surface area contributed by atoms with Crippen LogP contribution in [0.3, 0.4) is 0 Å². The van der Waals surface area contributed by atoms with Crippen LogP contribution in [0, 0.1) is 12.8 Å². The first kappa shape index (κ1) is 10.8. The molecule has 1 N–H and O–H groups in total. The second-order valence-electron chi connectivity index (χ2n) is 3.55. The highest BCUT2D eigenvalue weighted by molar-refractivity contribution is 5.72. The highest BCUT2D eigenvalue weighted by atomic mass is 16.4. The molecule has 0 spiro atoms. The molecule has 1 heterocycles. The van der Waals surface area contributed by atoms with Crippen molar-refractivity contribution in [1.82, 2.24) is 9.55 Å². The molecule has 78 valence electrons. The van der Waals surface area contributed by atoms with Crippen molar-refractivity contribution in [2.75, 3.05) is 0 Å². The van der Waals surface area contributed by atoms with Crippen molar-refractivity contribution in [2.24, 2.45) is 5.92 Å². The van der Waals surface area contributed by atoms with Gasteiger partial charge in [-0.3, -0.25) is 0 Å². The molecule has 1 aromatic heterocycles. The van der Waals surface area contributed by atoms with Crippen molar-refractivity contribution in [3.05, 3.63) is 18.2 Å². The van der Waals surface area contributed by atoms with Crippen molar-refractivity contribution in [3.63, 3.8) is 0 Å².